The van der Waals surface area contributed by atoms with Crippen LogP contribution in [0.5, 0.6) is 0 Å². The maximum Gasteiger partial charge on any atom is 0.0916 e. The second-order valence-electron chi connectivity index (χ2n) is 7.87. The zero-order valence-corrected chi connectivity index (χ0v) is 17.8. The fourth-order valence-electron chi connectivity index (χ4n) is 3.69. The predicted molar refractivity (Wildman–Crippen MR) is 123 cm³/mol. The molecule has 5 heteroatoms. The fourth-order valence-corrected chi connectivity index (χ4v) is 3.69. The van der Waals surface area contributed by atoms with E-state index in [2.05, 4.69) is 44.4 Å². The molecule has 5 nitrogen and oxygen atoms in total. The molecule has 30 heavy (non-hydrogen) atoms. The first-order valence-corrected chi connectivity index (χ1v) is 10.4. The van der Waals surface area contributed by atoms with Crippen LogP contribution in [0.1, 0.15) is 29.5 Å². The van der Waals surface area contributed by atoms with Gasteiger partial charge < -0.3 is 4.90 Å². The van der Waals surface area contributed by atoms with Gasteiger partial charge in [0.25, 0.3) is 0 Å². The Balaban J connectivity index is 1.48. The van der Waals surface area contributed by atoms with Crippen molar-refractivity contribution in [1.29, 1.82) is 0 Å². The number of aryl methyl sites for hydroxylation is 3. The molecular weight excluding hydrogens is 370 g/mol. The molecule has 1 aliphatic rings. The van der Waals surface area contributed by atoms with E-state index in [0.29, 0.717) is 0 Å². The molecule has 0 amide bonds. The molecule has 0 radical (unpaired) electrons. The summed E-state index contributed by atoms with van der Waals surface area (Å²) >= 11 is 0. The third kappa shape index (κ3) is 4.79. The second-order valence-corrected chi connectivity index (χ2v) is 7.87. The fraction of sp³-hybridized carbons (Fsp3) is 0.280. The Hall–Kier alpha value is -3.34. The van der Waals surface area contributed by atoms with Crippen LogP contribution >= 0.6 is 0 Å². The highest BCUT2D eigenvalue weighted by Gasteiger charge is 2.11. The van der Waals surface area contributed by atoms with Gasteiger partial charge in [0.1, 0.15) is 0 Å². The van der Waals surface area contributed by atoms with Crippen LogP contribution in [0.3, 0.4) is 0 Å². The average molecular weight is 398 g/mol. The minimum Gasteiger partial charge on any atom is -0.372 e. The zero-order chi connectivity index (χ0) is 20.9. The standard InChI is InChI=1S/C25H27N5/c1-18-6-8-21(9-7-18)26-28-23-16-19(2)25(20(3)17-23)29-27-22-10-12-24(13-11-22)30-14-4-5-15-30/h6-13,16-17H,4-5,14-15H2,1-3H3. The summed E-state index contributed by atoms with van der Waals surface area (Å²) in [5.41, 5.74) is 7.95. The summed E-state index contributed by atoms with van der Waals surface area (Å²) in [5.74, 6) is 0. The van der Waals surface area contributed by atoms with Crippen molar-refractivity contribution in [2.45, 2.75) is 33.6 Å². The summed E-state index contributed by atoms with van der Waals surface area (Å²) in [7, 11) is 0. The second kappa shape index (κ2) is 8.99. The monoisotopic (exact) mass is 397 g/mol. The Kier molecular flexibility index (Phi) is 5.98. The molecule has 152 valence electrons. The van der Waals surface area contributed by atoms with Crippen LogP contribution in [0.25, 0.3) is 0 Å². The third-order valence-electron chi connectivity index (χ3n) is 5.38. The highest BCUT2D eigenvalue weighted by molar-refractivity contribution is 5.60. The van der Waals surface area contributed by atoms with Gasteiger partial charge in [0, 0.05) is 18.8 Å². The van der Waals surface area contributed by atoms with E-state index in [9.17, 15) is 0 Å². The Labute approximate surface area is 178 Å². The average Bonchev–Trinajstić information content (AvgIpc) is 3.28. The largest absolute Gasteiger partial charge is 0.372 e. The summed E-state index contributed by atoms with van der Waals surface area (Å²) < 4.78 is 0. The van der Waals surface area contributed by atoms with Gasteiger partial charge in [-0.05, 0) is 93.3 Å². The van der Waals surface area contributed by atoms with Crippen molar-refractivity contribution in [1.82, 2.24) is 0 Å². The lowest BCUT2D eigenvalue weighted by atomic mass is 10.1. The van der Waals surface area contributed by atoms with Crippen molar-refractivity contribution in [2.24, 2.45) is 20.5 Å². The van der Waals surface area contributed by atoms with Gasteiger partial charge in [0.05, 0.1) is 22.7 Å². The number of benzene rings is 3. The molecule has 0 aliphatic carbocycles. The molecule has 1 aliphatic heterocycles. The van der Waals surface area contributed by atoms with E-state index < -0.39 is 0 Å². The SMILES string of the molecule is Cc1ccc(N=Nc2cc(C)c(N=Nc3ccc(N4CCCC4)cc3)c(C)c2)cc1. The molecule has 3 aromatic rings. The van der Waals surface area contributed by atoms with Gasteiger partial charge >= 0.3 is 0 Å². The van der Waals surface area contributed by atoms with Crippen LogP contribution in [0.2, 0.25) is 0 Å². The van der Waals surface area contributed by atoms with E-state index >= 15 is 0 Å². The zero-order valence-electron chi connectivity index (χ0n) is 17.8. The van der Waals surface area contributed by atoms with Crippen molar-refractivity contribution >= 4 is 28.4 Å². The van der Waals surface area contributed by atoms with Crippen molar-refractivity contribution in [3.63, 3.8) is 0 Å². The first-order valence-electron chi connectivity index (χ1n) is 10.4. The van der Waals surface area contributed by atoms with Crippen LogP contribution in [0.4, 0.5) is 28.4 Å². The summed E-state index contributed by atoms with van der Waals surface area (Å²) in [6.45, 7) is 8.41. The number of hydrogen-bond donors (Lipinski definition) is 0. The first kappa shape index (κ1) is 20.0. The molecule has 3 aromatic carbocycles. The summed E-state index contributed by atoms with van der Waals surface area (Å²) in [5, 5.41) is 17.7. The summed E-state index contributed by atoms with van der Waals surface area (Å²) in [6.07, 6.45) is 2.56. The number of nitrogens with zero attached hydrogens (tertiary/aromatic N) is 5. The van der Waals surface area contributed by atoms with E-state index in [-0.39, 0.29) is 0 Å². The molecule has 1 saturated heterocycles. The molecule has 1 fully saturated rings. The molecule has 0 aromatic heterocycles. The number of rotatable bonds is 5. The van der Waals surface area contributed by atoms with Gasteiger partial charge in [0.15, 0.2) is 0 Å². The van der Waals surface area contributed by atoms with Gasteiger partial charge in [0.2, 0.25) is 0 Å². The first-order chi connectivity index (χ1) is 14.6. The minimum atomic E-state index is 0.819. The van der Waals surface area contributed by atoms with Crippen LogP contribution in [-0.4, -0.2) is 13.1 Å². The molecule has 0 atom stereocenters. The van der Waals surface area contributed by atoms with Crippen molar-refractivity contribution in [3.8, 4) is 0 Å². The molecular formula is C25H27N5. The molecule has 0 bridgehead atoms. The van der Waals surface area contributed by atoms with E-state index in [1.165, 1.54) is 24.1 Å². The van der Waals surface area contributed by atoms with E-state index in [0.717, 1.165) is 47.0 Å². The van der Waals surface area contributed by atoms with Gasteiger partial charge in [-0.15, -0.1) is 0 Å². The van der Waals surface area contributed by atoms with Gasteiger partial charge in [-0.2, -0.15) is 20.5 Å². The third-order valence-corrected chi connectivity index (χ3v) is 5.38. The van der Waals surface area contributed by atoms with Crippen molar-refractivity contribution in [2.75, 3.05) is 18.0 Å². The van der Waals surface area contributed by atoms with Gasteiger partial charge in [-0.3, -0.25) is 0 Å². The lowest BCUT2D eigenvalue weighted by Crippen LogP contribution is -2.17. The maximum atomic E-state index is 4.51. The van der Waals surface area contributed by atoms with E-state index in [1.54, 1.807) is 0 Å². The Morgan fingerprint density at radius 2 is 1.10 bits per heavy atom. The topological polar surface area (TPSA) is 52.7 Å². The Morgan fingerprint density at radius 1 is 0.600 bits per heavy atom. The summed E-state index contributed by atoms with van der Waals surface area (Å²) in [4.78, 5) is 2.42. The van der Waals surface area contributed by atoms with Crippen LogP contribution in [0.15, 0.2) is 81.1 Å². The summed E-state index contributed by atoms with van der Waals surface area (Å²) in [6, 6.07) is 20.3. The van der Waals surface area contributed by atoms with E-state index in [4.69, 9.17) is 0 Å². The smallest absolute Gasteiger partial charge is 0.0916 e. The number of hydrogen-bond acceptors (Lipinski definition) is 5. The van der Waals surface area contributed by atoms with Crippen LogP contribution < -0.4 is 4.90 Å². The molecule has 1 heterocycles. The predicted octanol–water partition coefficient (Wildman–Crippen LogP) is 8.04. The molecule has 4 rings (SSSR count). The van der Waals surface area contributed by atoms with Crippen molar-refractivity contribution in [3.05, 3.63) is 77.4 Å². The highest BCUT2D eigenvalue weighted by Crippen LogP contribution is 2.32. The number of azo groups is 2. The normalized spacial score (nSPS) is 14.3. The van der Waals surface area contributed by atoms with Crippen LogP contribution in [-0.2, 0) is 0 Å². The van der Waals surface area contributed by atoms with Gasteiger partial charge in [-0.25, -0.2) is 0 Å². The molecule has 0 N–H and O–H groups in total. The quantitative estimate of drug-likeness (QED) is 0.402. The minimum absolute atomic E-state index is 0.819. The molecule has 0 saturated carbocycles. The Morgan fingerprint density at radius 3 is 1.70 bits per heavy atom. The van der Waals surface area contributed by atoms with Crippen molar-refractivity contribution < 1.29 is 0 Å². The highest BCUT2D eigenvalue weighted by atomic mass is 15.1. The molecule has 0 spiro atoms. The van der Waals surface area contributed by atoms with Gasteiger partial charge in [-0.1, -0.05) is 17.7 Å². The molecule has 0 unspecified atom stereocenters. The lowest BCUT2D eigenvalue weighted by Gasteiger charge is -2.17. The van der Waals surface area contributed by atoms with E-state index in [1.807, 2.05) is 62.4 Å². The van der Waals surface area contributed by atoms with Crippen LogP contribution in [0, 0.1) is 20.8 Å². The maximum absolute atomic E-state index is 4.51. The number of anilines is 1. The Bertz CT molecular complexity index is 1040. The lowest BCUT2D eigenvalue weighted by molar-refractivity contribution is 0.949.